The van der Waals surface area contributed by atoms with Gasteiger partial charge in [-0.05, 0) is 35.4 Å². The summed E-state index contributed by atoms with van der Waals surface area (Å²) < 4.78 is 0. The third-order valence-electron chi connectivity index (χ3n) is 3.30. The van der Waals surface area contributed by atoms with Crippen molar-refractivity contribution in [1.82, 2.24) is 0 Å². The second-order valence-electron chi connectivity index (χ2n) is 4.84. The van der Waals surface area contributed by atoms with Crippen molar-refractivity contribution < 1.29 is 9.90 Å². The van der Waals surface area contributed by atoms with Crippen LogP contribution in [0.25, 0.3) is 0 Å². The van der Waals surface area contributed by atoms with Gasteiger partial charge in [-0.25, -0.2) is 0 Å². The molecule has 0 aromatic heterocycles. The molecule has 5 heteroatoms. The van der Waals surface area contributed by atoms with Gasteiger partial charge in [-0.2, -0.15) is 0 Å². The minimum absolute atomic E-state index is 0.115. The van der Waals surface area contributed by atoms with E-state index in [1.54, 1.807) is 24.3 Å². The van der Waals surface area contributed by atoms with E-state index in [4.69, 9.17) is 34.0 Å². The van der Waals surface area contributed by atoms with Crippen LogP contribution in [0.5, 0.6) is 0 Å². The fourth-order valence-corrected chi connectivity index (χ4v) is 2.60. The van der Waals surface area contributed by atoms with E-state index >= 15 is 0 Å². The average molecular weight is 324 g/mol. The predicted molar refractivity (Wildman–Crippen MR) is 85.0 cm³/mol. The molecule has 0 bridgehead atoms. The van der Waals surface area contributed by atoms with Gasteiger partial charge in [0.05, 0.1) is 6.42 Å². The Morgan fingerprint density at radius 2 is 1.33 bits per heavy atom. The molecule has 3 N–H and O–H groups in total. The predicted octanol–water partition coefficient (Wildman–Crippen LogP) is 3.93. The van der Waals surface area contributed by atoms with Gasteiger partial charge >= 0.3 is 5.97 Å². The number of nitrogens with two attached hydrogens (primary N) is 1. The summed E-state index contributed by atoms with van der Waals surface area (Å²) in [4.78, 5) is 11.0. The van der Waals surface area contributed by atoms with Crippen LogP contribution in [-0.4, -0.2) is 17.1 Å². The average Bonchev–Trinajstić information content (AvgIpc) is 2.42. The van der Waals surface area contributed by atoms with Gasteiger partial charge in [-0.15, -0.1) is 0 Å². The lowest BCUT2D eigenvalue weighted by atomic mass is 9.84. The highest BCUT2D eigenvalue weighted by Crippen LogP contribution is 2.30. The highest BCUT2D eigenvalue weighted by Gasteiger charge is 2.24. The van der Waals surface area contributed by atoms with Crippen LogP contribution in [0, 0.1) is 0 Å². The van der Waals surface area contributed by atoms with Crippen molar-refractivity contribution in [3.63, 3.8) is 0 Å². The third kappa shape index (κ3) is 4.21. The van der Waals surface area contributed by atoms with E-state index in [9.17, 15) is 4.79 Å². The molecule has 2 rings (SSSR count). The van der Waals surface area contributed by atoms with Crippen molar-refractivity contribution in [3.05, 3.63) is 69.7 Å². The van der Waals surface area contributed by atoms with Crippen molar-refractivity contribution in [2.45, 2.75) is 18.4 Å². The van der Waals surface area contributed by atoms with Crippen LogP contribution in [0.1, 0.15) is 23.5 Å². The molecule has 3 nitrogen and oxygen atoms in total. The second kappa shape index (κ2) is 6.94. The topological polar surface area (TPSA) is 63.3 Å². The summed E-state index contributed by atoms with van der Waals surface area (Å²) >= 11 is 11.8. The van der Waals surface area contributed by atoms with E-state index in [1.807, 2.05) is 24.3 Å². The van der Waals surface area contributed by atoms with E-state index < -0.39 is 12.0 Å². The monoisotopic (exact) mass is 323 g/mol. The lowest BCUT2D eigenvalue weighted by molar-refractivity contribution is -0.137. The van der Waals surface area contributed by atoms with Crippen LogP contribution in [0.2, 0.25) is 10.0 Å². The molecule has 0 saturated heterocycles. The Labute approximate surface area is 133 Å². The number of aliphatic carboxylic acids is 1. The van der Waals surface area contributed by atoms with Gasteiger partial charge in [0, 0.05) is 22.0 Å². The van der Waals surface area contributed by atoms with Crippen molar-refractivity contribution >= 4 is 29.2 Å². The van der Waals surface area contributed by atoms with Gasteiger partial charge in [0.2, 0.25) is 0 Å². The van der Waals surface area contributed by atoms with Gasteiger partial charge in [0.25, 0.3) is 0 Å². The van der Waals surface area contributed by atoms with Crippen LogP contribution >= 0.6 is 23.2 Å². The first-order valence-corrected chi connectivity index (χ1v) is 7.21. The molecular formula is C16H15Cl2NO2. The zero-order valence-corrected chi connectivity index (χ0v) is 12.7. The normalized spacial score (nSPS) is 12.4. The van der Waals surface area contributed by atoms with E-state index in [2.05, 4.69) is 0 Å². The maximum absolute atomic E-state index is 11.0. The summed E-state index contributed by atoms with van der Waals surface area (Å²) in [5, 5.41) is 10.2. The first-order chi connectivity index (χ1) is 9.97. The number of carbonyl (C=O) groups is 1. The Bertz CT molecular complexity index is 566. The highest BCUT2D eigenvalue weighted by atomic mass is 35.5. The van der Waals surface area contributed by atoms with E-state index in [-0.39, 0.29) is 12.3 Å². The Morgan fingerprint density at radius 1 is 0.952 bits per heavy atom. The van der Waals surface area contributed by atoms with Crippen LogP contribution < -0.4 is 5.73 Å². The number of benzene rings is 2. The SMILES string of the molecule is N[C@H](CC(=O)O)C(c1ccc(Cl)cc1)c1ccc(Cl)cc1. The zero-order valence-electron chi connectivity index (χ0n) is 11.2. The summed E-state index contributed by atoms with van der Waals surface area (Å²) in [7, 11) is 0. The van der Waals surface area contributed by atoms with Crippen LogP contribution in [-0.2, 0) is 4.79 Å². The summed E-state index contributed by atoms with van der Waals surface area (Å²) in [6, 6.07) is 14.0. The summed E-state index contributed by atoms with van der Waals surface area (Å²) in [6.45, 7) is 0. The third-order valence-corrected chi connectivity index (χ3v) is 3.80. The first-order valence-electron chi connectivity index (χ1n) is 6.45. The number of hydrogen-bond acceptors (Lipinski definition) is 2. The first kappa shape index (κ1) is 15.8. The molecule has 2 aromatic carbocycles. The Morgan fingerprint density at radius 3 is 1.67 bits per heavy atom. The van der Waals surface area contributed by atoms with E-state index in [1.165, 1.54) is 0 Å². The number of carboxylic acid groups (broad SMARTS) is 1. The van der Waals surface area contributed by atoms with E-state index in [0.717, 1.165) is 11.1 Å². The summed E-state index contributed by atoms with van der Waals surface area (Å²) in [5.41, 5.74) is 7.96. The molecule has 0 aliphatic rings. The van der Waals surface area contributed by atoms with Gasteiger partial charge in [-0.1, -0.05) is 47.5 Å². The van der Waals surface area contributed by atoms with Gasteiger partial charge in [0.15, 0.2) is 0 Å². The van der Waals surface area contributed by atoms with Crippen molar-refractivity contribution in [2.75, 3.05) is 0 Å². The molecule has 2 aromatic rings. The molecule has 0 fully saturated rings. The molecule has 110 valence electrons. The Kier molecular flexibility index (Phi) is 5.23. The largest absolute Gasteiger partial charge is 0.481 e. The summed E-state index contributed by atoms with van der Waals surface area (Å²) in [5.74, 6) is -1.15. The molecule has 1 atom stereocenters. The van der Waals surface area contributed by atoms with E-state index in [0.29, 0.717) is 10.0 Å². The quantitative estimate of drug-likeness (QED) is 0.876. The van der Waals surface area contributed by atoms with Crippen LogP contribution in [0.15, 0.2) is 48.5 Å². The van der Waals surface area contributed by atoms with Crippen molar-refractivity contribution in [1.29, 1.82) is 0 Å². The molecule has 0 amide bonds. The van der Waals surface area contributed by atoms with Crippen molar-refractivity contribution in [2.24, 2.45) is 5.73 Å². The van der Waals surface area contributed by atoms with Crippen molar-refractivity contribution in [3.8, 4) is 0 Å². The molecular weight excluding hydrogens is 309 g/mol. The van der Waals surface area contributed by atoms with Gasteiger partial charge in [-0.3, -0.25) is 4.79 Å². The summed E-state index contributed by atoms with van der Waals surface area (Å²) in [6.07, 6.45) is -0.115. The molecule has 0 heterocycles. The zero-order chi connectivity index (χ0) is 15.4. The molecule has 0 aliphatic carbocycles. The maximum Gasteiger partial charge on any atom is 0.304 e. The number of halogens is 2. The Hall–Kier alpha value is -1.55. The van der Waals surface area contributed by atoms with Crippen LogP contribution in [0.3, 0.4) is 0 Å². The molecule has 0 saturated carbocycles. The Balaban J connectivity index is 2.40. The standard InChI is InChI=1S/C16H15Cl2NO2/c17-12-5-1-10(2-6-12)16(14(19)9-15(20)21)11-3-7-13(18)8-4-11/h1-8,14,16H,9,19H2,(H,20,21)/t14-/m1/s1. The number of carboxylic acids is 1. The van der Waals surface area contributed by atoms with Gasteiger partial charge < -0.3 is 10.8 Å². The molecule has 0 unspecified atom stereocenters. The molecule has 0 aliphatic heterocycles. The minimum atomic E-state index is -0.921. The van der Waals surface area contributed by atoms with Gasteiger partial charge in [0.1, 0.15) is 0 Å². The van der Waals surface area contributed by atoms with Crippen LogP contribution in [0.4, 0.5) is 0 Å². The second-order valence-corrected chi connectivity index (χ2v) is 5.72. The lowest BCUT2D eigenvalue weighted by Crippen LogP contribution is -2.31. The fourth-order valence-electron chi connectivity index (χ4n) is 2.35. The molecule has 0 spiro atoms. The number of hydrogen-bond donors (Lipinski definition) is 2. The highest BCUT2D eigenvalue weighted by molar-refractivity contribution is 6.30. The lowest BCUT2D eigenvalue weighted by Gasteiger charge is -2.24. The molecule has 21 heavy (non-hydrogen) atoms. The fraction of sp³-hybridized carbons (Fsp3) is 0.188. The number of rotatable bonds is 5. The maximum atomic E-state index is 11.0. The molecule has 0 radical (unpaired) electrons. The minimum Gasteiger partial charge on any atom is -0.481 e. The smallest absolute Gasteiger partial charge is 0.304 e.